The molecular weight excluding hydrogens is 379 g/mol. The lowest BCUT2D eigenvalue weighted by molar-refractivity contribution is -0.135. The van der Waals surface area contributed by atoms with E-state index in [1.807, 2.05) is 30.3 Å². The molecule has 3 nitrogen and oxygen atoms in total. The fraction of sp³-hybridized carbons (Fsp3) is 0.409. The SMILES string of the molecule is Cl.O=C(N1C[C@@H]2CNC[C@@H]2[C@H]1c1ccccc1)C1(c2ccc(Cl)cc2)CC1. The van der Waals surface area contributed by atoms with Gasteiger partial charge in [-0.15, -0.1) is 12.4 Å². The normalized spacial score (nSPS) is 27.7. The lowest BCUT2D eigenvalue weighted by Crippen LogP contribution is -2.41. The van der Waals surface area contributed by atoms with Crippen molar-refractivity contribution < 1.29 is 4.79 Å². The summed E-state index contributed by atoms with van der Waals surface area (Å²) in [6.07, 6.45) is 1.89. The van der Waals surface area contributed by atoms with Gasteiger partial charge in [0.1, 0.15) is 0 Å². The minimum atomic E-state index is -0.330. The van der Waals surface area contributed by atoms with Crippen LogP contribution in [0.25, 0.3) is 0 Å². The first kappa shape index (κ1) is 18.8. The Morgan fingerprint density at radius 2 is 1.74 bits per heavy atom. The van der Waals surface area contributed by atoms with Gasteiger partial charge in [-0.2, -0.15) is 0 Å². The second kappa shape index (κ2) is 7.12. The second-order valence-electron chi connectivity index (χ2n) is 7.98. The number of nitrogens with zero attached hydrogens (tertiary/aromatic N) is 1. The number of benzene rings is 2. The molecular formula is C22H24Cl2N2O. The predicted molar refractivity (Wildman–Crippen MR) is 110 cm³/mol. The summed E-state index contributed by atoms with van der Waals surface area (Å²) in [6, 6.07) is 18.6. The molecule has 2 aromatic rings. The van der Waals surface area contributed by atoms with Crippen LogP contribution in [0, 0.1) is 11.8 Å². The molecule has 1 aliphatic carbocycles. The highest BCUT2D eigenvalue weighted by atomic mass is 35.5. The predicted octanol–water partition coefficient (Wildman–Crippen LogP) is 4.21. The monoisotopic (exact) mass is 402 g/mol. The first-order valence-corrected chi connectivity index (χ1v) is 9.90. The molecule has 142 valence electrons. The number of hydrogen-bond acceptors (Lipinski definition) is 2. The third kappa shape index (κ3) is 3.06. The van der Waals surface area contributed by atoms with Crippen molar-refractivity contribution in [3.05, 3.63) is 70.7 Å². The number of amides is 1. The quantitative estimate of drug-likeness (QED) is 0.833. The van der Waals surface area contributed by atoms with Gasteiger partial charge in [0.05, 0.1) is 11.5 Å². The largest absolute Gasteiger partial charge is 0.334 e. The molecule has 5 heteroatoms. The Kier molecular flexibility index (Phi) is 4.96. The van der Waals surface area contributed by atoms with Gasteiger partial charge >= 0.3 is 0 Å². The zero-order chi connectivity index (χ0) is 17.7. The molecule has 3 aliphatic rings. The van der Waals surface area contributed by atoms with Crippen molar-refractivity contribution in [2.75, 3.05) is 19.6 Å². The van der Waals surface area contributed by atoms with Crippen molar-refractivity contribution in [2.45, 2.75) is 24.3 Å². The van der Waals surface area contributed by atoms with Crippen molar-refractivity contribution >= 4 is 29.9 Å². The lowest BCUT2D eigenvalue weighted by atomic mass is 9.89. The maximum absolute atomic E-state index is 13.7. The maximum atomic E-state index is 13.7. The molecule has 1 N–H and O–H groups in total. The minimum absolute atomic E-state index is 0. The van der Waals surface area contributed by atoms with Crippen molar-refractivity contribution in [1.29, 1.82) is 0 Å². The molecule has 0 spiro atoms. The smallest absolute Gasteiger partial charge is 0.233 e. The van der Waals surface area contributed by atoms with Gasteiger partial charge in [-0.3, -0.25) is 4.79 Å². The lowest BCUT2D eigenvalue weighted by Gasteiger charge is -2.32. The molecule has 2 heterocycles. The van der Waals surface area contributed by atoms with Crippen molar-refractivity contribution in [1.82, 2.24) is 10.2 Å². The summed E-state index contributed by atoms with van der Waals surface area (Å²) in [7, 11) is 0. The summed E-state index contributed by atoms with van der Waals surface area (Å²) in [4.78, 5) is 15.9. The molecule has 1 amide bonds. The van der Waals surface area contributed by atoms with Gasteiger partial charge in [0, 0.05) is 30.6 Å². The molecule has 2 saturated heterocycles. The van der Waals surface area contributed by atoms with Crippen LogP contribution in [0.1, 0.15) is 30.0 Å². The molecule has 2 aliphatic heterocycles. The summed E-state index contributed by atoms with van der Waals surface area (Å²) in [6.45, 7) is 2.89. The summed E-state index contributed by atoms with van der Waals surface area (Å²) >= 11 is 6.05. The molecule has 5 rings (SSSR count). The highest BCUT2D eigenvalue weighted by Crippen LogP contribution is 2.53. The third-order valence-electron chi connectivity index (χ3n) is 6.52. The maximum Gasteiger partial charge on any atom is 0.233 e. The van der Waals surface area contributed by atoms with Crippen LogP contribution in [-0.4, -0.2) is 30.4 Å². The molecule has 2 aromatic carbocycles. The summed E-state index contributed by atoms with van der Waals surface area (Å²) < 4.78 is 0. The third-order valence-corrected chi connectivity index (χ3v) is 6.77. The van der Waals surface area contributed by atoms with E-state index in [0.717, 1.165) is 43.1 Å². The number of likely N-dealkylation sites (tertiary alicyclic amines) is 1. The van der Waals surface area contributed by atoms with E-state index in [-0.39, 0.29) is 23.9 Å². The van der Waals surface area contributed by atoms with Gasteiger partial charge in [0.15, 0.2) is 0 Å². The van der Waals surface area contributed by atoms with Crippen LogP contribution in [0.2, 0.25) is 5.02 Å². The standard InChI is InChI=1S/C22H23ClN2O.ClH/c23-18-8-6-17(7-9-18)22(10-11-22)21(26)25-14-16-12-24-13-19(16)20(25)15-4-2-1-3-5-15;/h1-9,16,19-20,24H,10-14H2;1H/t16-,19-,20+;/m0./s1. The average Bonchev–Trinajstić information content (AvgIpc) is 3.21. The van der Waals surface area contributed by atoms with E-state index in [0.29, 0.717) is 17.7 Å². The van der Waals surface area contributed by atoms with E-state index in [1.165, 1.54) is 5.56 Å². The number of carbonyl (C=O) groups excluding carboxylic acids is 1. The van der Waals surface area contributed by atoms with E-state index in [2.05, 4.69) is 34.5 Å². The molecule has 27 heavy (non-hydrogen) atoms. The van der Waals surface area contributed by atoms with Gasteiger partial charge in [-0.1, -0.05) is 54.1 Å². The van der Waals surface area contributed by atoms with Crippen LogP contribution < -0.4 is 5.32 Å². The fourth-order valence-electron chi connectivity index (χ4n) is 5.00. The van der Waals surface area contributed by atoms with E-state index in [9.17, 15) is 4.79 Å². The van der Waals surface area contributed by atoms with Crippen molar-refractivity contribution in [2.24, 2.45) is 11.8 Å². The minimum Gasteiger partial charge on any atom is -0.334 e. The summed E-state index contributed by atoms with van der Waals surface area (Å²) in [5, 5.41) is 4.25. The fourth-order valence-corrected chi connectivity index (χ4v) is 5.13. The molecule has 0 unspecified atom stereocenters. The summed E-state index contributed by atoms with van der Waals surface area (Å²) in [5.74, 6) is 1.38. The Morgan fingerprint density at radius 1 is 1.04 bits per heavy atom. The van der Waals surface area contributed by atoms with E-state index in [4.69, 9.17) is 11.6 Å². The van der Waals surface area contributed by atoms with Crippen LogP contribution >= 0.6 is 24.0 Å². The zero-order valence-corrected chi connectivity index (χ0v) is 16.7. The number of halogens is 2. The van der Waals surface area contributed by atoms with Gasteiger partial charge < -0.3 is 10.2 Å². The van der Waals surface area contributed by atoms with Crippen LogP contribution in [0.4, 0.5) is 0 Å². The van der Waals surface area contributed by atoms with E-state index >= 15 is 0 Å². The van der Waals surface area contributed by atoms with Crippen LogP contribution in [0.5, 0.6) is 0 Å². The highest BCUT2D eigenvalue weighted by Gasteiger charge is 2.57. The van der Waals surface area contributed by atoms with Crippen LogP contribution in [0.3, 0.4) is 0 Å². The van der Waals surface area contributed by atoms with Gasteiger partial charge in [0.2, 0.25) is 5.91 Å². The number of fused-ring (bicyclic) bond motifs is 1. The van der Waals surface area contributed by atoms with Gasteiger partial charge in [-0.25, -0.2) is 0 Å². The summed E-state index contributed by atoms with van der Waals surface area (Å²) in [5.41, 5.74) is 2.06. The van der Waals surface area contributed by atoms with Crippen LogP contribution in [0.15, 0.2) is 54.6 Å². The van der Waals surface area contributed by atoms with E-state index in [1.54, 1.807) is 0 Å². The Hall–Kier alpha value is -1.55. The Balaban J connectivity index is 0.00000180. The topological polar surface area (TPSA) is 32.3 Å². The zero-order valence-electron chi connectivity index (χ0n) is 15.1. The molecule has 3 atom stereocenters. The Bertz CT molecular complexity index is 820. The second-order valence-corrected chi connectivity index (χ2v) is 8.42. The first-order valence-electron chi connectivity index (χ1n) is 9.52. The first-order chi connectivity index (χ1) is 12.7. The Labute approximate surface area is 171 Å². The molecule has 1 saturated carbocycles. The highest BCUT2D eigenvalue weighted by molar-refractivity contribution is 6.30. The van der Waals surface area contributed by atoms with Crippen molar-refractivity contribution in [3.8, 4) is 0 Å². The number of rotatable bonds is 3. The molecule has 0 aromatic heterocycles. The van der Waals surface area contributed by atoms with Gasteiger partial charge in [0.25, 0.3) is 0 Å². The Morgan fingerprint density at radius 3 is 2.41 bits per heavy atom. The van der Waals surface area contributed by atoms with Crippen LogP contribution in [-0.2, 0) is 10.2 Å². The van der Waals surface area contributed by atoms with Gasteiger partial charge in [-0.05, 0) is 42.0 Å². The number of hydrogen-bond donors (Lipinski definition) is 1. The number of nitrogens with one attached hydrogen (secondary N) is 1. The average molecular weight is 403 g/mol. The number of carbonyl (C=O) groups is 1. The van der Waals surface area contributed by atoms with Crippen molar-refractivity contribution in [3.63, 3.8) is 0 Å². The molecule has 0 bridgehead atoms. The molecule has 3 fully saturated rings. The molecule has 0 radical (unpaired) electrons. The van der Waals surface area contributed by atoms with E-state index < -0.39 is 0 Å².